The summed E-state index contributed by atoms with van der Waals surface area (Å²) in [4.78, 5) is 12.2. The van der Waals surface area contributed by atoms with Gasteiger partial charge in [-0.3, -0.25) is 4.79 Å². The van der Waals surface area contributed by atoms with Gasteiger partial charge in [0.1, 0.15) is 23.1 Å². The number of carbonyl (C=O) groups excluding carboxylic acids is 1. The molecule has 2 N–H and O–H groups in total. The van der Waals surface area contributed by atoms with Gasteiger partial charge >= 0.3 is 6.18 Å². The van der Waals surface area contributed by atoms with Crippen molar-refractivity contribution in [2.45, 2.75) is 6.18 Å². The maximum Gasteiger partial charge on any atom is 0.416 e. The van der Waals surface area contributed by atoms with Crippen LogP contribution in [0.2, 0.25) is 0 Å². The second-order valence-corrected chi connectivity index (χ2v) is 5.41. The number of hydrogen-bond acceptors (Lipinski definition) is 5. The van der Waals surface area contributed by atoms with Crippen molar-refractivity contribution >= 4 is 17.3 Å². The van der Waals surface area contributed by atoms with Gasteiger partial charge in [-0.1, -0.05) is 6.07 Å². The highest BCUT2D eigenvalue weighted by atomic mass is 19.4. The third-order valence-electron chi connectivity index (χ3n) is 3.59. The summed E-state index contributed by atoms with van der Waals surface area (Å²) >= 11 is 0. The molecule has 0 saturated carbocycles. The highest BCUT2D eigenvalue weighted by molar-refractivity contribution is 6.06. The van der Waals surface area contributed by atoms with Gasteiger partial charge < -0.3 is 20.1 Å². The zero-order chi connectivity index (χ0) is 20.7. The van der Waals surface area contributed by atoms with Crippen molar-refractivity contribution in [3.05, 3.63) is 59.8 Å². The van der Waals surface area contributed by atoms with Crippen molar-refractivity contribution in [3.8, 4) is 17.6 Å². The molecule has 0 saturated heterocycles. The van der Waals surface area contributed by atoms with Crippen LogP contribution in [0.5, 0.6) is 11.5 Å². The predicted octanol–water partition coefficient (Wildman–Crippen LogP) is 4.18. The van der Waals surface area contributed by atoms with E-state index in [0.29, 0.717) is 17.2 Å². The first kappa shape index (κ1) is 20.6. The van der Waals surface area contributed by atoms with Gasteiger partial charge in [0.05, 0.1) is 25.5 Å². The number of nitrogens with zero attached hydrogens (tertiary/aromatic N) is 1. The van der Waals surface area contributed by atoms with Gasteiger partial charge in [-0.25, -0.2) is 0 Å². The van der Waals surface area contributed by atoms with Crippen molar-refractivity contribution in [3.63, 3.8) is 0 Å². The Bertz CT molecular complexity index is 934. The quantitative estimate of drug-likeness (QED) is 0.570. The fourth-order valence-corrected chi connectivity index (χ4v) is 2.20. The molecule has 2 aromatic rings. The molecule has 9 heteroatoms. The van der Waals surface area contributed by atoms with E-state index in [1.807, 2.05) is 0 Å². The summed E-state index contributed by atoms with van der Waals surface area (Å²) in [6, 6.07) is 10.7. The van der Waals surface area contributed by atoms with E-state index in [-0.39, 0.29) is 11.3 Å². The van der Waals surface area contributed by atoms with Crippen LogP contribution in [0.1, 0.15) is 5.56 Å². The summed E-state index contributed by atoms with van der Waals surface area (Å²) in [6.45, 7) is 0. The molecule has 0 fully saturated rings. The summed E-state index contributed by atoms with van der Waals surface area (Å²) in [5, 5.41) is 14.2. The number of rotatable bonds is 6. The monoisotopic (exact) mass is 391 g/mol. The molecule has 0 radical (unpaired) electrons. The van der Waals surface area contributed by atoms with Crippen molar-refractivity contribution < 1.29 is 27.4 Å². The van der Waals surface area contributed by atoms with Crippen LogP contribution in [0, 0.1) is 11.3 Å². The Kier molecular flexibility index (Phi) is 6.50. The van der Waals surface area contributed by atoms with E-state index in [0.717, 1.165) is 24.4 Å². The van der Waals surface area contributed by atoms with E-state index >= 15 is 0 Å². The lowest BCUT2D eigenvalue weighted by Gasteiger charge is -2.11. The van der Waals surface area contributed by atoms with E-state index < -0.39 is 17.6 Å². The number of benzene rings is 2. The minimum atomic E-state index is -4.54. The zero-order valence-corrected chi connectivity index (χ0v) is 14.9. The van der Waals surface area contributed by atoms with Crippen molar-refractivity contribution in [2.24, 2.45) is 0 Å². The van der Waals surface area contributed by atoms with Crippen LogP contribution >= 0.6 is 0 Å². The normalized spacial score (nSPS) is 11.4. The van der Waals surface area contributed by atoms with Gasteiger partial charge in [0.25, 0.3) is 5.91 Å². The Morgan fingerprint density at radius 3 is 2.50 bits per heavy atom. The standard InChI is InChI=1S/C19H16F3N3O3/c1-27-15-6-7-17(28-2)16(9-15)24-11-12(10-23)18(26)25-14-5-3-4-13(8-14)19(20,21)22/h3-9,11,24H,1-2H3,(H,25,26)/b12-11-. The summed E-state index contributed by atoms with van der Waals surface area (Å²) in [5.74, 6) is 0.0902. The second kappa shape index (κ2) is 8.81. The largest absolute Gasteiger partial charge is 0.497 e. The van der Waals surface area contributed by atoms with Gasteiger partial charge in [-0.15, -0.1) is 0 Å². The number of anilines is 2. The summed E-state index contributed by atoms with van der Waals surface area (Å²) in [6.07, 6.45) is -3.42. The molecule has 2 rings (SSSR count). The SMILES string of the molecule is COc1ccc(OC)c(N/C=C(/C#N)C(=O)Nc2cccc(C(F)(F)F)c2)c1. The predicted molar refractivity (Wildman–Crippen MR) is 96.9 cm³/mol. The third kappa shape index (κ3) is 5.17. The van der Waals surface area contributed by atoms with E-state index in [1.165, 1.54) is 20.3 Å². The molecular formula is C19H16F3N3O3. The fourth-order valence-electron chi connectivity index (χ4n) is 2.20. The molecule has 0 aliphatic heterocycles. The Balaban J connectivity index is 2.19. The molecule has 0 aliphatic carbocycles. The number of methoxy groups -OCH3 is 2. The molecule has 0 aliphatic rings. The Morgan fingerprint density at radius 2 is 1.89 bits per heavy atom. The second-order valence-electron chi connectivity index (χ2n) is 5.41. The Labute approximate surface area is 159 Å². The van der Waals surface area contributed by atoms with Gasteiger partial charge in [0.15, 0.2) is 0 Å². The molecular weight excluding hydrogens is 375 g/mol. The van der Waals surface area contributed by atoms with Crippen molar-refractivity contribution in [1.82, 2.24) is 0 Å². The number of ether oxygens (including phenoxy) is 2. The molecule has 1 amide bonds. The molecule has 0 atom stereocenters. The van der Waals surface area contributed by atoms with Crippen LogP contribution in [-0.4, -0.2) is 20.1 Å². The molecule has 0 heterocycles. The first-order chi connectivity index (χ1) is 13.3. The Morgan fingerprint density at radius 1 is 1.14 bits per heavy atom. The first-order valence-corrected chi connectivity index (χ1v) is 7.86. The third-order valence-corrected chi connectivity index (χ3v) is 3.59. The maximum absolute atomic E-state index is 12.8. The molecule has 2 aromatic carbocycles. The van der Waals surface area contributed by atoms with Gasteiger partial charge in [0, 0.05) is 18.0 Å². The minimum Gasteiger partial charge on any atom is -0.497 e. The molecule has 146 valence electrons. The number of halogens is 3. The van der Waals surface area contributed by atoms with E-state index in [4.69, 9.17) is 9.47 Å². The lowest BCUT2D eigenvalue weighted by molar-refractivity contribution is -0.137. The highest BCUT2D eigenvalue weighted by Gasteiger charge is 2.30. The average molecular weight is 391 g/mol. The van der Waals surface area contributed by atoms with Gasteiger partial charge in [-0.2, -0.15) is 18.4 Å². The summed E-state index contributed by atoms with van der Waals surface area (Å²) in [7, 11) is 2.92. The topological polar surface area (TPSA) is 83.4 Å². The fraction of sp³-hybridized carbons (Fsp3) is 0.158. The Hall–Kier alpha value is -3.67. The smallest absolute Gasteiger partial charge is 0.416 e. The average Bonchev–Trinajstić information content (AvgIpc) is 2.67. The van der Waals surface area contributed by atoms with Gasteiger partial charge in [0.2, 0.25) is 0 Å². The lowest BCUT2D eigenvalue weighted by atomic mass is 10.2. The number of alkyl halides is 3. The number of hydrogen-bond donors (Lipinski definition) is 2. The van der Waals surface area contributed by atoms with Crippen LogP contribution in [0.4, 0.5) is 24.5 Å². The van der Waals surface area contributed by atoms with Crippen molar-refractivity contribution in [1.29, 1.82) is 5.26 Å². The van der Waals surface area contributed by atoms with Crippen molar-refractivity contribution in [2.75, 3.05) is 24.9 Å². The number of nitriles is 1. The molecule has 6 nitrogen and oxygen atoms in total. The highest BCUT2D eigenvalue weighted by Crippen LogP contribution is 2.31. The van der Waals surface area contributed by atoms with E-state index in [2.05, 4.69) is 10.6 Å². The summed E-state index contributed by atoms with van der Waals surface area (Å²) in [5.41, 5.74) is -0.907. The molecule has 0 bridgehead atoms. The number of carbonyl (C=O) groups is 1. The molecule has 0 spiro atoms. The molecule has 0 unspecified atom stereocenters. The summed E-state index contributed by atoms with van der Waals surface area (Å²) < 4.78 is 48.6. The van der Waals surface area contributed by atoms with Crippen LogP contribution in [0.25, 0.3) is 0 Å². The molecule has 0 aromatic heterocycles. The van der Waals surface area contributed by atoms with Crippen LogP contribution in [-0.2, 0) is 11.0 Å². The van der Waals surface area contributed by atoms with E-state index in [1.54, 1.807) is 24.3 Å². The maximum atomic E-state index is 12.8. The zero-order valence-electron chi connectivity index (χ0n) is 14.9. The molecule has 28 heavy (non-hydrogen) atoms. The van der Waals surface area contributed by atoms with Crippen LogP contribution < -0.4 is 20.1 Å². The van der Waals surface area contributed by atoms with Crippen LogP contribution in [0.15, 0.2) is 54.2 Å². The van der Waals surface area contributed by atoms with Crippen LogP contribution in [0.3, 0.4) is 0 Å². The first-order valence-electron chi connectivity index (χ1n) is 7.86. The number of amides is 1. The minimum absolute atomic E-state index is 0.0834. The van der Waals surface area contributed by atoms with Gasteiger partial charge in [-0.05, 0) is 30.3 Å². The number of nitrogens with one attached hydrogen (secondary N) is 2. The van der Waals surface area contributed by atoms with E-state index in [9.17, 15) is 23.2 Å². The lowest BCUT2D eigenvalue weighted by Crippen LogP contribution is -2.15.